The Kier molecular flexibility index (Phi) is 4.45. The first-order chi connectivity index (χ1) is 9.06. The molecule has 2 aromatic carbocycles. The van der Waals surface area contributed by atoms with Crippen molar-refractivity contribution in [3.63, 3.8) is 0 Å². The second-order valence-corrected chi connectivity index (χ2v) is 5.17. The van der Waals surface area contributed by atoms with Crippen molar-refractivity contribution in [2.45, 2.75) is 20.3 Å². The van der Waals surface area contributed by atoms with Crippen LogP contribution in [0.15, 0.2) is 36.4 Å². The van der Waals surface area contributed by atoms with Crippen LogP contribution in [0.2, 0.25) is 0 Å². The highest BCUT2D eigenvalue weighted by molar-refractivity contribution is 6.58. The number of rotatable bonds is 5. The van der Waals surface area contributed by atoms with E-state index >= 15 is 0 Å². The zero-order valence-electron chi connectivity index (χ0n) is 11.3. The van der Waals surface area contributed by atoms with E-state index in [-0.39, 0.29) is 0 Å². The summed E-state index contributed by atoms with van der Waals surface area (Å²) in [6.45, 7) is 5.06. The fourth-order valence-corrected chi connectivity index (χ4v) is 1.91. The monoisotopic (exact) mass is 258 g/mol. The Morgan fingerprint density at radius 3 is 2.42 bits per heavy atom. The van der Waals surface area contributed by atoms with Crippen LogP contribution in [0.5, 0.6) is 5.75 Å². The van der Waals surface area contributed by atoms with Crippen LogP contribution in [-0.4, -0.2) is 23.8 Å². The lowest BCUT2D eigenvalue weighted by Gasteiger charge is -2.09. The number of hydrogen-bond donors (Lipinski definition) is 2. The molecule has 0 atom stereocenters. The number of benzene rings is 2. The zero-order valence-corrected chi connectivity index (χ0v) is 11.3. The minimum absolute atomic E-state index is 0.501. The molecule has 0 amide bonds. The van der Waals surface area contributed by atoms with Crippen molar-refractivity contribution in [3.05, 3.63) is 36.4 Å². The van der Waals surface area contributed by atoms with Gasteiger partial charge in [-0.3, -0.25) is 0 Å². The Bertz CT molecular complexity index is 552. The van der Waals surface area contributed by atoms with Gasteiger partial charge in [0.1, 0.15) is 5.75 Å². The lowest BCUT2D eigenvalue weighted by atomic mass is 9.79. The maximum Gasteiger partial charge on any atom is 0.488 e. The normalized spacial score (nSPS) is 11.0. The van der Waals surface area contributed by atoms with Crippen LogP contribution in [-0.2, 0) is 0 Å². The third-order valence-corrected chi connectivity index (χ3v) is 3.10. The molecule has 19 heavy (non-hydrogen) atoms. The van der Waals surface area contributed by atoms with Gasteiger partial charge in [-0.05, 0) is 40.7 Å². The highest BCUT2D eigenvalue weighted by atomic mass is 16.5. The molecule has 0 aliphatic carbocycles. The van der Waals surface area contributed by atoms with Crippen molar-refractivity contribution in [3.8, 4) is 5.75 Å². The Labute approximate surface area is 114 Å². The van der Waals surface area contributed by atoms with Gasteiger partial charge in [0.2, 0.25) is 0 Å². The van der Waals surface area contributed by atoms with Crippen molar-refractivity contribution >= 4 is 23.4 Å². The van der Waals surface area contributed by atoms with Crippen LogP contribution < -0.4 is 10.2 Å². The van der Waals surface area contributed by atoms with Gasteiger partial charge in [-0.15, -0.1) is 0 Å². The smallest absolute Gasteiger partial charge is 0.488 e. The Morgan fingerprint density at radius 1 is 1.05 bits per heavy atom. The highest BCUT2D eigenvalue weighted by Crippen LogP contribution is 2.20. The summed E-state index contributed by atoms with van der Waals surface area (Å²) in [6.07, 6.45) is 1.04. The third kappa shape index (κ3) is 3.72. The molecule has 0 radical (unpaired) electrons. The molecule has 2 rings (SSSR count). The van der Waals surface area contributed by atoms with Gasteiger partial charge >= 0.3 is 7.12 Å². The van der Waals surface area contributed by atoms with E-state index in [1.54, 1.807) is 12.1 Å². The first kappa shape index (κ1) is 13.9. The molecule has 100 valence electrons. The molecule has 0 bridgehead atoms. The number of hydrogen-bond acceptors (Lipinski definition) is 3. The topological polar surface area (TPSA) is 49.7 Å². The van der Waals surface area contributed by atoms with E-state index in [2.05, 4.69) is 13.8 Å². The van der Waals surface area contributed by atoms with Crippen LogP contribution in [0, 0.1) is 5.92 Å². The second-order valence-electron chi connectivity index (χ2n) is 5.17. The molecule has 0 fully saturated rings. The van der Waals surface area contributed by atoms with Crippen molar-refractivity contribution in [1.29, 1.82) is 0 Å². The van der Waals surface area contributed by atoms with Gasteiger partial charge in [-0.25, -0.2) is 0 Å². The van der Waals surface area contributed by atoms with Gasteiger partial charge < -0.3 is 14.8 Å². The molecule has 0 saturated heterocycles. The molecule has 2 aromatic rings. The van der Waals surface area contributed by atoms with E-state index in [9.17, 15) is 0 Å². The first-order valence-electron chi connectivity index (χ1n) is 6.59. The summed E-state index contributed by atoms with van der Waals surface area (Å²) in [5.41, 5.74) is 0.501. The molecule has 0 heterocycles. The first-order valence-corrected chi connectivity index (χ1v) is 6.59. The largest absolute Gasteiger partial charge is 0.494 e. The molecular weight excluding hydrogens is 239 g/mol. The second kappa shape index (κ2) is 6.09. The minimum Gasteiger partial charge on any atom is -0.494 e. The minimum atomic E-state index is -1.42. The van der Waals surface area contributed by atoms with E-state index in [0.29, 0.717) is 11.4 Å². The molecular formula is C15H19BO3. The number of fused-ring (bicyclic) bond motifs is 1. The van der Waals surface area contributed by atoms with Crippen LogP contribution >= 0.6 is 0 Å². The molecule has 0 saturated carbocycles. The average molecular weight is 258 g/mol. The summed E-state index contributed by atoms with van der Waals surface area (Å²) in [7, 11) is -1.42. The van der Waals surface area contributed by atoms with Gasteiger partial charge in [0.25, 0.3) is 0 Å². The summed E-state index contributed by atoms with van der Waals surface area (Å²) >= 11 is 0. The van der Waals surface area contributed by atoms with Crippen LogP contribution in [0.1, 0.15) is 20.3 Å². The Balaban J connectivity index is 2.15. The Hall–Kier alpha value is -1.52. The van der Waals surface area contributed by atoms with Crippen molar-refractivity contribution in [1.82, 2.24) is 0 Å². The van der Waals surface area contributed by atoms with Gasteiger partial charge in [-0.1, -0.05) is 38.1 Å². The van der Waals surface area contributed by atoms with Crippen molar-refractivity contribution in [2.75, 3.05) is 6.61 Å². The molecule has 0 aliphatic rings. The average Bonchev–Trinajstić information content (AvgIpc) is 2.37. The summed E-state index contributed by atoms with van der Waals surface area (Å²) < 4.78 is 5.70. The number of ether oxygens (including phenoxy) is 1. The van der Waals surface area contributed by atoms with Gasteiger partial charge in [0.05, 0.1) is 6.61 Å². The quantitative estimate of drug-likeness (QED) is 0.806. The SMILES string of the molecule is CC(C)CCOc1ccc2cc(B(O)O)ccc2c1. The van der Waals surface area contributed by atoms with Gasteiger partial charge in [-0.2, -0.15) is 0 Å². The third-order valence-electron chi connectivity index (χ3n) is 3.10. The van der Waals surface area contributed by atoms with E-state index in [4.69, 9.17) is 14.8 Å². The molecule has 0 spiro atoms. The molecule has 0 aliphatic heterocycles. The fraction of sp³-hybridized carbons (Fsp3) is 0.333. The van der Waals surface area contributed by atoms with Gasteiger partial charge in [0, 0.05) is 0 Å². The standard InChI is InChI=1S/C15H19BO3/c1-11(2)7-8-19-15-6-4-12-9-14(16(17)18)5-3-13(12)10-15/h3-6,9-11,17-18H,7-8H2,1-2H3. The van der Waals surface area contributed by atoms with Gasteiger partial charge in [0.15, 0.2) is 0 Å². The highest BCUT2D eigenvalue weighted by Gasteiger charge is 2.10. The summed E-state index contributed by atoms with van der Waals surface area (Å²) in [6, 6.07) is 11.2. The predicted octanol–water partition coefficient (Wildman–Crippen LogP) is 1.94. The molecule has 0 unspecified atom stereocenters. The molecule has 2 N–H and O–H groups in total. The zero-order chi connectivity index (χ0) is 13.8. The predicted molar refractivity (Wildman–Crippen MR) is 78.7 cm³/mol. The lowest BCUT2D eigenvalue weighted by Crippen LogP contribution is -2.29. The van der Waals surface area contributed by atoms with Crippen molar-refractivity contribution < 1.29 is 14.8 Å². The van der Waals surface area contributed by atoms with Crippen molar-refractivity contribution in [2.24, 2.45) is 5.92 Å². The summed E-state index contributed by atoms with van der Waals surface area (Å²) in [5.74, 6) is 1.49. The van der Waals surface area contributed by atoms with Crippen LogP contribution in [0.4, 0.5) is 0 Å². The summed E-state index contributed by atoms with van der Waals surface area (Å²) in [4.78, 5) is 0. The van der Waals surface area contributed by atoms with Crippen LogP contribution in [0.3, 0.4) is 0 Å². The van der Waals surface area contributed by atoms with E-state index in [1.165, 1.54) is 0 Å². The maximum absolute atomic E-state index is 9.14. The van der Waals surface area contributed by atoms with Crippen LogP contribution in [0.25, 0.3) is 10.8 Å². The Morgan fingerprint density at radius 2 is 1.74 bits per heavy atom. The molecule has 0 aromatic heterocycles. The van der Waals surface area contributed by atoms with E-state index in [0.717, 1.165) is 29.5 Å². The molecule has 3 nitrogen and oxygen atoms in total. The van der Waals surface area contributed by atoms with E-state index < -0.39 is 7.12 Å². The molecule has 4 heteroatoms. The fourth-order valence-electron chi connectivity index (χ4n) is 1.91. The lowest BCUT2D eigenvalue weighted by molar-refractivity contribution is 0.290. The summed E-state index contributed by atoms with van der Waals surface area (Å²) in [5, 5.41) is 20.3. The van der Waals surface area contributed by atoms with E-state index in [1.807, 2.05) is 24.3 Å². The maximum atomic E-state index is 9.14.